The molecule has 7 nitrogen and oxygen atoms in total. The van der Waals surface area contributed by atoms with Gasteiger partial charge in [0.05, 0.1) is 19.1 Å². The van der Waals surface area contributed by atoms with Gasteiger partial charge >= 0.3 is 0 Å². The fraction of sp³-hybridized carbons (Fsp3) is 0.389. The Morgan fingerprint density at radius 3 is 2.57 bits per heavy atom. The lowest BCUT2D eigenvalue weighted by Gasteiger charge is -2.16. The molecule has 1 aromatic heterocycles. The molecule has 3 rings (SSSR count). The molecule has 2 N–H and O–H groups in total. The van der Waals surface area contributed by atoms with Gasteiger partial charge in [0.15, 0.2) is 11.5 Å². The van der Waals surface area contributed by atoms with Crippen molar-refractivity contribution in [2.24, 2.45) is 5.92 Å². The number of ether oxygens (including phenoxy) is 2. The molecule has 152 valence electrons. The molecule has 0 bridgehead atoms. The average Bonchev–Trinajstić information content (AvgIpc) is 3.08. The van der Waals surface area contributed by atoms with Gasteiger partial charge in [-0.2, -0.15) is 0 Å². The number of hydrogen-bond acceptors (Lipinski definition) is 6. The van der Waals surface area contributed by atoms with E-state index in [0.29, 0.717) is 10.8 Å². The van der Waals surface area contributed by atoms with Crippen LogP contribution in [0.3, 0.4) is 0 Å². The third kappa shape index (κ3) is 4.13. The maximum absolute atomic E-state index is 14.2. The Labute approximate surface area is 166 Å². The SMILES string of the molecule is COc1cc(F)c(S(=O)(=O)NNC(=O)c2cc3c(s2)CCC(C)C3)cc1OC. The molecule has 1 heterocycles. The van der Waals surface area contributed by atoms with Gasteiger partial charge in [0.1, 0.15) is 10.7 Å². The van der Waals surface area contributed by atoms with Gasteiger partial charge in [0.25, 0.3) is 15.9 Å². The number of rotatable bonds is 6. The van der Waals surface area contributed by atoms with Crippen molar-refractivity contribution in [3.8, 4) is 11.5 Å². The molecule has 1 aromatic carbocycles. The van der Waals surface area contributed by atoms with Crippen molar-refractivity contribution in [3.63, 3.8) is 0 Å². The highest BCUT2D eigenvalue weighted by Crippen LogP contribution is 2.33. The number of thiophene rings is 1. The van der Waals surface area contributed by atoms with E-state index < -0.39 is 26.6 Å². The summed E-state index contributed by atoms with van der Waals surface area (Å²) >= 11 is 1.35. The molecule has 0 fully saturated rings. The average molecular weight is 429 g/mol. The normalized spacial score (nSPS) is 16.4. The predicted molar refractivity (Wildman–Crippen MR) is 103 cm³/mol. The summed E-state index contributed by atoms with van der Waals surface area (Å²) in [6, 6.07) is 3.69. The maximum atomic E-state index is 14.2. The Bertz CT molecular complexity index is 1000. The first-order valence-electron chi connectivity index (χ1n) is 8.60. The Balaban J connectivity index is 1.76. The lowest BCUT2D eigenvalue weighted by atomic mass is 9.90. The number of aryl methyl sites for hydroxylation is 1. The van der Waals surface area contributed by atoms with Crippen molar-refractivity contribution in [1.29, 1.82) is 0 Å². The topological polar surface area (TPSA) is 93.7 Å². The number of carbonyl (C=O) groups is 1. The Kier molecular flexibility index (Phi) is 5.92. The number of amides is 1. The minimum atomic E-state index is -4.35. The van der Waals surface area contributed by atoms with Crippen LogP contribution >= 0.6 is 11.3 Å². The first kappa shape index (κ1) is 20.6. The van der Waals surface area contributed by atoms with Crippen LogP contribution in [0.2, 0.25) is 0 Å². The molecule has 1 aliphatic carbocycles. The molecule has 1 unspecified atom stereocenters. The van der Waals surface area contributed by atoms with E-state index >= 15 is 0 Å². The lowest BCUT2D eigenvalue weighted by Crippen LogP contribution is -2.41. The molecule has 28 heavy (non-hydrogen) atoms. The van der Waals surface area contributed by atoms with Crippen molar-refractivity contribution in [2.75, 3.05) is 14.2 Å². The summed E-state index contributed by atoms with van der Waals surface area (Å²) in [6.45, 7) is 2.16. The van der Waals surface area contributed by atoms with Gasteiger partial charge in [-0.1, -0.05) is 6.92 Å². The van der Waals surface area contributed by atoms with Gasteiger partial charge in [0.2, 0.25) is 0 Å². The highest BCUT2D eigenvalue weighted by molar-refractivity contribution is 7.89. The minimum absolute atomic E-state index is 0.0515. The second-order valence-corrected chi connectivity index (χ2v) is 9.39. The molecule has 1 amide bonds. The zero-order chi connectivity index (χ0) is 20.5. The standard InChI is InChI=1S/C18H21FN2O5S2/c1-10-4-5-15-11(6-10)7-16(27-15)18(22)20-21-28(23,24)17-9-14(26-3)13(25-2)8-12(17)19/h7-10,21H,4-6H2,1-3H3,(H,20,22). The van der Waals surface area contributed by atoms with E-state index in [-0.39, 0.29) is 11.5 Å². The molecule has 1 aliphatic rings. The Hall–Kier alpha value is -2.17. The van der Waals surface area contributed by atoms with E-state index in [1.165, 1.54) is 25.6 Å². The Morgan fingerprint density at radius 2 is 1.89 bits per heavy atom. The Morgan fingerprint density at radius 1 is 1.21 bits per heavy atom. The summed E-state index contributed by atoms with van der Waals surface area (Å²) < 4.78 is 49.0. The van der Waals surface area contributed by atoms with Gasteiger partial charge in [-0.15, -0.1) is 16.2 Å². The molecule has 0 aliphatic heterocycles. The number of benzene rings is 1. The molecular weight excluding hydrogens is 407 g/mol. The molecule has 1 atom stereocenters. The van der Waals surface area contributed by atoms with Crippen LogP contribution in [0.4, 0.5) is 4.39 Å². The van der Waals surface area contributed by atoms with E-state index in [4.69, 9.17) is 9.47 Å². The second kappa shape index (κ2) is 8.06. The molecule has 0 radical (unpaired) electrons. The molecule has 0 saturated carbocycles. The molecular formula is C18H21FN2O5S2. The van der Waals surface area contributed by atoms with Crippen LogP contribution in [0.1, 0.15) is 33.5 Å². The van der Waals surface area contributed by atoms with Crippen LogP contribution in [0.15, 0.2) is 23.1 Å². The number of hydrazine groups is 1. The van der Waals surface area contributed by atoms with Crippen LogP contribution in [0.5, 0.6) is 11.5 Å². The third-order valence-corrected chi connectivity index (χ3v) is 7.08. The highest BCUT2D eigenvalue weighted by atomic mass is 32.2. The summed E-state index contributed by atoms with van der Waals surface area (Å²) in [5, 5.41) is 0. The summed E-state index contributed by atoms with van der Waals surface area (Å²) in [6.07, 6.45) is 2.89. The van der Waals surface area contributed by atoms with Gasteiger partial charge in [-0.3, -0.25) is 10.2 Å². The number of hydrogen-bond donors (Lipinski definition) is 2. The molecule has 0 spiro atoms. The van der Waals surface area contributed by atoms with Crippen molar-refractivity contribution in [1.82, 2.24) is 10.3 Å². The van der Waals surface area contributed by atoms with E-state index in [0.717, 1.165) is 41.8 Å². The summed E-state index contributed by atoms with van der Waals surface area (Å²) in [5.74, 6) is -0.946. The van der Waals surface area contributed by atoms with E-state index in [1.54, 1.807) is 6.07 Å². The van der Waals surface area contributed by atoms with Crippen LogP contribution < -0.4 is 19.7 Å². The summed E-state index contributed by atoms with van der Waals surface area (Å²) in [5.41, 5.74) is 3.27. The second-order valence-electron chi connectivity index (χ2n) is 6.60. The van der Waals surface area contributed by atoms with E-state index in [9.17, 15) is 17.6 Å². The van der Waals surface area contributed by atoms with Crippen LogP contribution in [0.25, 0.3) is 0 Å². The monoisotopic (exact) mass is 428 g/mol. The van der Waals surface area contributed by atoms with Crippen LogP contribution in [-0.2, 0) is 22.9 Å². The fourth-order valence-electron chi connectivity index (χ4n) is 3.09. The largest absolute Gasteiger partial charge is 0.493 e. The number of halogens is 1. The van der Waals surface area contributed by atoms with E-state index in [2.05, 4.69) is 12.3 Å². The number of nitrogens with one attached hydrogen (secondary N) is 2. The maximum Gasteiger partial charge on any atom is 0.276 e. The van der Waals surface area contributed by atoms with Crippen LogP contribution in [0, 0.1) is 11.7 Å². The zero-order valence-corrected chi connectivity index (χ0v) is 17.3. The fourth-order valence-corrected chi connectivity index (χ4v) is 5.11. The first-order chi connectivity index (χ1) is 13.2. The van der Waals surface area contributed by atoms with Crippen molar-refractivity contribution in [3.05, 3.63) is 39.3 Å². The molecule has 2 aromatic rings. The van der Waals surface area contributed by atoms with E-state index in [1.807, 2.05) is 4.83 Å². The zero-order valence-electron chi connectivity index (χ0n) is 15.7. The van der Waals surface area contributed by atoms with Crippen molar-refractivity contribution < 1.29 is 27.1 Å². The first-order valence-corrected chi connectivity index (χ1v) is 10.9. The van der Waals surface area contributed by atoms with Gasteiger partial charge in [-0.05, 0) is 36.8 Å². The van der Waals surface area contributed by atoms with Gasteiger partial charge in [0, 0.05) is 17.0 Å². The lowest BCUT2D eigenvalue weighted by molar-refractivity contribution is 0.0949. The van der Waals surface area contributed by atoms with Gasteiger partial charge in [-0.25, -0.2) is 12.8 Å². The smallest absolute Gasteiger partial charge is 0.276 e. The van der Waals surface area contributed by atoms with Crippen LogP contribution in [-0.4, -0.2) is 28.5 Å². The number of sulfonamides is 1. The van der Waals surface area contributed by atoms with Crippen molar-refractivity contribution in [2.45, 2.75) is 31.1 Å². The van der Waals surface area contributed by atoms with Gasteiger partial charge < -0.3 is 9.47 Å². The minimum Gasteiger partial charge on any atom is -0.493 e. The predicted octanol–water partition coefficient (Wildman–Crippen LogP) is 2.65. The summed E-state index contributed by atoms with van der Waals surface area (Å²) in [4.78, 5) is 15.2. The molecule has 0 saturated heterocycles. The third-order valence-electron chi connectivity index (χ3n) is 4.58. The number of fused-ring (bicyclic) bond motifs is 1. The quantitative estimate of drug-likeness (QED) is 0.690. The highest BCUT2D eigenvalue weighted by Gasteiger charge is 2.25. The van der Waals surface area contributed by atoms with Crippen molar-refractivity contribution >= 4 is 27.3 Å². The number of carbonyl (C=O) groups excluding carboxylic acids is 1. The molecule has 10 heteroatoms. The number of methoxy groups -OCH3 is 2. The summed E-state index contributed by atoms with van der Waals surface area (Å²) in [7, 11) is -1.73.